The lowest BCUT2D eigenvalue weighted by Gasteiger charge is -2.20. The van der Waals surface area contributed by atoms with Crippen LogP contribution in [0.25, 0.3) is 6.08 Å². The van der Waals surface area contributed by atoms with E-state index in [0.29, 0.717) is 35.8 Å². The summed E-state index contributed by atoms with van der Waals surface area (Å²) >= 11 is 0. The molecule has 0 unspecified atom stereocenters. The first-order valence-corrected chi connectivity index (χ1v) is 10.5. The average Bonchev–Trinajstić information content (AvgIpc) is 2.73. The topological polar surface area (TPSA) is 44.8 Å². The van der Waals surface area contributed by atoms with E-state index in [2.05, 4.69) is 13.2 Å². The van der Waals surface area contributed by atoms with Crippen LogP contribution >= 0.6 is 0 Å². The second-order valence-electron chi connectivity index (χ2n) is 7.61. The van der Waals surface area contributed by atoms with Crippen LogP contribution in [0.4, 0.5) is 0 Å². The summed E-state index contributed by atoms with van der Waals surface area (Å²) in [6, 6.07) is 10.9. The van der Waals surface area contributed by atoms with Gasteiger partial charge in [-0.2, -0.15) is 0 Å². The van der Waals surface area contributed by atoms with Crippen molar-refractivity contribution in [3.05, 3.63) is 84.5 Å². The molecule has 2 rings (SSSR count). The van der Waals surface area contributed by atoms with Crippen molar-refractivity contribution >= 4 is 11.9 Å². The lowest BCUT2D eigenvalue weighted by molar-refractivity contribution is 0.104. The zero-order chi connectivity index (χ0) is 22.8. The van der Waals surface area contributed by atoms with Gasteiger partial charge in [-0.1, -0.05) is 24.8 Å². The van der Waals surface area contributed by atoms with Gasteiger partial charge in [0.05, 0.1) is 17.8 Å². The Hall–Kier alpha value is -3.27. The lowest BCUT2D eigenvalue weighted by atomic mass is 10.0. The van der Waals surface area contributed by atoms with Crippen molar-refractivity contribution in [2.24, 2.45) is 0 Å². The number of allylic oxidation sites excluding steroid dienone is 2. The SMILES string of the molecule is C=CCOc1ccc(C(=O)/C=C/c2c(OC(C)C)ccc(CC=C)c2OC(C)C)cc1. The molecule has 2 aromatic carbocycles. The van der Waals surface area contributed by atoms with Crippen molar-refractivity contribution in [3.8, 4) is 17.2 Å². The zero-order valence-electron chi connectivity index (χ0n) is 18.9. The van der Waals surface area contributed by atoms with Gasteiger partial charge in [0.15, 0.2) is 5.78 Å². The molecular weight excluding hydrogens is 388 g/mol. The smallest absolute Gasteiger partial charge is 0.185 e. The Kier molecular flexibility index (Phi) is 9.13. The minimum Gasteiger partial charge on any atom is -0.490 e. The number of rotatable bonds is 12. The van der Waals surface area contributed by atoms with Crippen LogP contribution < -0.4 is 14.2 Å². The van der Waals surface area contributed by atoms with Crippen LogP contribution in [0.3, 0.4) is 0 Å². The Balaban J connectivity index is 2.40. The fourth-order valence-corrected chi connectivity index (χ4v) is 2.96. The first kappa shape index (κ1) is 24.0. The zero-order valence-corrected chi connectivity index (χ0v) is 18.9. The Morgan fingerprint density at radius 3 is 2.19 bits per heavy atom. The molecule has 0 saturated heterocycles. The molecule has 0 atom stereocenters. The highest BCUT2D eigenvalue weighted by molar-refractivity contribution is 6.07. The standard InChI is InChI=1S/C27H32O4/c1-7-9-22-12-17-26(30-19(3)4)24(27(22)31-20(5)6)15-16-25(28)21-10-13-23(14-11-21)29-18-8-2/h7-8,10-17,19-20H,1-2,9,18H2,3-6H3/b16-15+. The normalized spacial score (nSPS) is 11.0. The van der Waals surface area contributed by atoms with E-state index in [1.54, 1.807) is 42.5 Å². The third kappa shape index (κ3) is 7.18. The van der Waals surface area contributed by atoms with Crippen LogP contribution in [-0.4, -0.2) is 24.6 Å². The molecule has 0 bridgehead atoms. The summed E-state index contributed by atoms with van der Waals surface area (Å²) in [5.41, 5.74) is 2.32. The minimum atomic E-state index is -0.115. The van der Waals surface area contributed by atoms with E-state index < -0.39 is 0 Å². The van der Waals surface area contributed by atoms with Crippen LogP contribution in [-0.2, 0) is 6.42 Å². The number of hydrogen-bond donors (Lipinski definition) is 0. The Bertz CT molecular complexity index is 921. The first-order chi connectivity index (χ1) is 14.8. The van der Waals surface area contributed by atoms with Gasteiger partial charge in [-0.25, -0.2) is 0 Å². The van der Waals surface area contributed by atoms with Crippen LogP contribution in [0, 0.1) is 0 Å². The molecule has 0 aromatic heterocycles. The van der Waals surface area contributed by atoms with E-state index >= 15 is 0 Å². The van der Waals surface area contributed by atoms with Gasteiger partial charge in [-0.15, -0.1) is 6.58 Å². The second-order valence-corrected chi connectivity index (χ2v) is 7.61. The van der Waals surface area contributed by atoms with Crippen molar-refractivity contribution in [2.75, 3.05) is 6.61 Å². The molecule has 164 valence electrons. The monoisotopic (exact) mass is 420 g/mol. The average molecular weight is 421 g/mol. The third-order valence-corrected chi connectivity index (χ3v) is 4.23. The highest BCUT2D eigenvalue weighted by atomic mass is 16.5. The van der Waals surface area contributed by atoms with E-state index in [0.717, 1.165) is 11.1 Å². The molecule has 0 aliphatic heterocycles. The molecule has 0 fully saturated rings. The highest BCUT2D eigenvalue weighted by Gasteiger charge is 2.16. The summed E-state index contributed by atoms with van der Waals surface area (Å²) in [4.78, 5) is 12.8. The largest absolute Gasteiger partial charge is 0.490 e. The molecule has 0 saturated carbocycles. The number of carbonyl (C=O) groups is 1. The van der Waals surface area contributed by atoms with Gasteiger partial charge in [-0.3, -0.25) is 4.79 Å². The third-order valence-electron chi connectivity index (χ3n) is 4.23. The van der Waals surface area contributed by atoms with E-state index in [9.17, 15) is 4.79 Å². The number of ketones is 1. The molecule has 0 heterocycles. The van der Waals surface area contributed by atoms with Gasteiger partial charge >= 0.3 is 0 Å². The van der Waals surface area contributed by atoms with Gasteiger partial charge in [0.1, 0.15) is 23.9 Å². The molecule has 31 heavy (non-hydrogen) atoms. The number of hydrogen-bond acceptors (Lipinski definition) is 4. The molecule has 4 heteroatoms. The summed E-state index contributed by atoms with van der Waals surface area (Å²) < 4.78 is 17.6. The molecule has 0 aliphatic rings. The highest BCUT2D eigenvalue weighted by Crippen LogP contribution is 2.36. The van der Waals surface area contributed by atoms with Gasteiger partial charge in [0.25, 0.3) is 0 Å². The molecule has 0 N–H and O–H groups in total. The van der Waals surface area contributed by atoms with Gasteiger partial charge < -0.3 is 14.2 Å². The van der Waals surface area contributed by atoms with Gasteiger partial charge in [-0.05, 0) is 82.2 Å². The minimum absolute atomic E-state index is 0.0110. The fraction of sp³-hybridized carbons (Fsp3) is 0.296. The van der Waals surface area contributed by atoms with Crippen molar-refractivity contribution in [1.82, 2.24) is 0 Å². The van der Waals surface area contributed by atoms with Crippen LogP contribution in [0.1, 0.15) is 49.2 Å². The van der Waals surface area contributed by atoms with E-state index in [1.165, 1.54) is 0 Å². The Labute approximate surface area is 185 Å². The summed E-state index contributed by atoms with van der Waals surface area (Å²) in [6.45, 7) is 15.8. The van der Waals surface area contributed by atoms with Crippen LogP contribution in [0.2, 0.25) is 0 Å². The first-order valence-electron chi connectivity index (χ1n) is 10.5. The van der Waals surface area contributed by atoms with Gasteiger partial charge in [0, 0.05) is 5.56 Å². The number of benzene rings is 2. The van der Waals surface area contributed by atoms with E-state index in [1.807, 2.05) is 45.9 Å². The van der Waals surface area contributed by atoms with Crippen LogP contribution in [0.5, 0.6) is 17.2 Å². The molecule has 0 aliphatic carbocycles. The van der Waals surface area contributed by atoms with Crippen molar-refractivity contribution in [1.29, 1.82) is 0 Å². The Morgan fingerprint density at radius 1 is 0.935 bits per heavy atom. The van der Waals surface area contributed by atoms with Crippen molar-refractivity contribution in [3.63, 3.8) is 0 Å². The number of ether oxygens (including phenoxy) is 3. The lowest BCUT2D eigenvalue weighted by Crippen LogP contribution is -2.12. The van der Waals surface area contributed by atoms with Crippen molar-refractivity contribution in [2.45, 2.75) is 46.3 Å². The molecule has 4 nitrogen and oxygen atoms in total. The maximum Gasteiger partial charge on any atom is 0.185 e. The second kappa shape index (κ2) is 11.8. The van der Waals surface area contributed by atoms with E-state index in [4.69, 9.17) is 14.2 Å². The summed E-state index contributed by atoms with van der Waals surface area (Å²) in [6.07, 6.45) is 7.45. The summed E-state index contributed by atoms with van der Waals surface area (Å²) in [7, 11) is 0. The van der Waals surface area contributed by atoms with Crippen molar-refractivity contribution < 1.29 is 19.0 Å². The number of carbonyl (C=O) groups excluding carboxylic acids is 1. The molecular formula is C27H32O4. The van der Waals surface area contributed by atoms with Gasteiger partial charge in [0.2, 0.25) is 0 Å². The summed E-state index contributed by atoms with van der Waals surface area (Å²) in [5.74, 6) is 1.97. The molecule has 0 spiro atoms. The molecule has 2 aromatic rings. The predicted octanol–water partition coefficient (Wildman–Crippen LogP) is 6.45. The molecule has 0 radical (unpaired) electrons. The Morgan fingerprint density at radius 2 is 1.61 bits per heavy atom. The maximum atomic E-state index is 12.8. The van der Waals surface area contributed by atoms with E-state index in [-0.39, 0.29) is 18.0 Å². The summed E-state index contributed by atoms with van der Waals surface area (Å²) in [5, 5.41) is 0. The molecule has 0 amide bonds. The quantitative estimate of drug-likeness (QED) is 0.225. The fourth-order valence-electron chi connectivity index (χ4n) is 2.96. The maximum absolute atomic E-state index is 12.8. The van der Waals surface area contributed by atoms with Crippen LogP contribution in [0.15, 0.2) is 67.8 Å². The predicted molar refractivity (Wildman–Crippen MR) is 127 cm³/mol.